The van der Waals surface area contributed by atoms with Gasteiger partial charge in [-0.2, -0.15) is 0 Å². The summed E-state index contributed by atoms with van der Waals surface area (Å²) in [6.07, 6.45) is 5.08. The largest absolute Gasteiger partial charge is 0.381 e. The van der Waals surface area contributed by atoms with Gasteiger partial charge in [0.15, 0.2) is 0 Å². The number of aromatic nitrogens is 2. The van der Waals surface area contributed by atoms with E-state index < -0.39 is 0 Å². The Morgan fingerprint density at radius 2 is 1.84 bits per heavy atom. The predicted molar refractivity (Wildman–Crippen MR) is 76.2 cm³/mol. The Kier molecular flexibility index (Phi) is 5.84. The van der Waals surface area contributed by atoms with E-state index in [0.29, 0.717) is 6.54 Å². The van der Waals surface area contributed by atoms with Crippen LogP contribution < -0.4 is 16.4 Å². The highest BCUT2D eigenvalue weighted by Crippen LogP contribution is 2.18. The molecule has 1 aliphatic rings. The summed E-state index contributed by atoms with van der Waals surface area (Å²) in [5.74, 6) is 2.45. The molecule has 6 nitrogen and oxygen atoms in total. The van der Waals surface area contributed by atoms with Gasteiger partial charge in [-0.1, -0.05) is 0 Å². The lowest BCUT2D eigenvalue weighted by Crippen LogP contribution is -2.18. The molecular formula is C13H23N5O. The number of nitrogens with two attached hydrogens (primary N) is 1. The number of ether oxygens (including phenoxy) is 1. The van der Waals surface area contributed by atoms with Crippen LogP contribution in [-0.4, -0.2) is 42.8 Å². The molecule has 0 unspecified atom stereocenters. The maximum absolute atomic E-state index is 5.45. The van der Waals surface area contributed by atoms with Gasteiger partial charge < -0.3 is 21.1 Å². The lowest BCUT2D eigenvalue weighted by atomic mass is 9.97. The van der Waals surface area contributed by atoms with Crippen LogP contribution in [0.2, 0.25) is 0 Å². The van der Waals surface area contributed by atoms with E-state index in [4.69, 9.17) is 10.5 Å². The van der Waals surface area contributed by atoms with Crippen LogP contribution >= 0.6 is 0 Å². The summed E-state index contributed by atoms with van der Waals surface area (Å²) in [5.41, 5.74) is 5.45. The first-order chi connectivity index (χ1) is 9.38. The van der Waals surface area contributed by atoms with E-state index in [1.54, 1.807) is 6.33 Å². The number of hydrogen-bond donors (Lipinski definition) is 3. The topological polar surface area (TPSA) is 85.1 Å². The molecule has 106 valence electrons. The minimum atomic E-state index is 0.594. The van der Waals surface area contributed by atoms with Crippen molar-refractivity contribution in [3.8, 4) is 0 Å². The third kappa shape index (κ3) is 5.00. The summed E-state index contributed by atoms with van der Waals surface area (Å²) in [6.45, 7) is 4.07. The molecule has 6 heteroatoms. The minimum Gasteiger partial charge on any atom is -0.381 e. The van der Waals surface area contributed by atoms with Crippen molar-refractivity contribution in [1.82, 2.24) is 9.97 Å². The molecule has 19 heavy (non-hydrogen) atoms. The van der Waals surface area contributed by atoms with E-state index >= 15 is 0 Å². The Hall–Kier alpha value is -1.40. The van der Waals surface area contributed by atoms with Gasteiger partial charge in [-0.3, -0.25) is 0 Å². The zero-order valence-corrected chi connectivity index (χ0v) is 11.3. The van der Waals surface area contributed by atoms with Gasteiger partial charge >= 0.3 is 0 Å². The second-order valence-electron chi connectivity index (χ2n) is 4.78. The zero-order chi connectivity index (χ0) is 13.3. The van der Waals surface area contributed by atoms with Gasteiger partial charge in [-0.25, -0.2) is 9.97 Å². The summed E-state index contributed by atoms with van der Waals surface area (Å²) in [6, 6.07) is 1.92. The van der Waals surface area contributed by atoms with E-state index in [-0.39, 0.29) is 0 Å². The number of anilines is 2. The summed E-state index contributed by atoms with van der Waals surface area (Å²) >= 11 is 0. The summed E-state index contributed by atoms with van der Waals surface area (Å²) in [4.78, 5) is 8.35. The summed E-state index contributed by atoms with van der Waals surface area (Å²) in [7, 11) is 0. The van der Waals surface area contributed by atoms with Crippen LogP contribution in [0.3, 0.4) is 0 Å². The molecule has 2 rings (SSSR count). The fourth-order valence-electron chi connectivity index (χ4n) is 2.19. The fourth-order valence-corrected chi connectivity index (χ4v) is 2.19. The molecule has 1 fully saturated rings. The Bertz CT molecular complexity index is 368. The van der Waals surface area contributed by atoms with E-state index in [2.05, 4.69) is 20.6 Å². The Balaban J connectivity index is 1.72. The second kappa shape index (κ2) is 7.91. The molecule has 0 amide bonds. The number of rotatable bonds is 7. The van der Waals surface area contributed by atoms with Crippen LogP contribution in [0.5, 0.6) is 0 Å². The van der Waals surface area contributed by atoms with E-state index in [1.165, 1.54) is 19.3 Å². The maximum Gasteiger partial charge on any atom is 0.131 e. The lowest BCUT2D eigenvalue weighted by Gasteiger charge is -2.21. The molecular weight excluding hydrogens is 242 g/mol. The Labute approximate surface area is 114 Å². The molecule has 4 N–H and O–H groups in total. The van der Waals surface area contributed by atoms with E-state index in [9.17, 15) is 0 Å². The molecule has 1 aromatic heterocycles. The van der Waals surface area contributed by atoms with Gasteiger partial charge in [-0.15, -0.1) is 0 Å². The first kappa shape index (κ1) is 14.0. The first-order valence-electron chi connectivity index (χ1n) is 6.96. The van der Waals surface area contributed by atoms with Crippen molar-refractivity contribution >= 4 is 11.6 Å². The van der Waals surface area contributed by atoms with Crippen molar-refractivity contribution in [2.45, 2.75) is 19.3 Å². The molecule has 0 radical (unpaired) electrons. The van der Waals surface area contributed by atoms with Gasteiger partial charge in [0.25, 0.3) is 0 Å². The van der Waals surface area contributed by atoms with Gasteiger partial charge in [0.1, 0.15) is 18.0 Å². The van der Waals surface area contributed by atoms with Gasteiger partial charge in [0.05, 0.1) is 0 Å². The molecule has 0 bridgehead atoms. The first-order valence-corrected chi connectivity index (χ1v) is 6.96. The van der Waals surface area contributed by atoms with Crippen molar-refractivity contribution < 1.29 is 4.74 Å². The van der Waals surface area contributed by atoms with E-state index in [0.717, 1.165) is 43.9 Å². The third-order valence-corrected chi connectivity index (χ3v) is 3.32. The highest BCUT2D eigenvalue weighted by molar-refractivity contribution is 5.46. The molecule has 0 aliphatic carbocycles. The van der Waals surface area contributed by atoms with Crippen molar-refractivity contribution in [3.05, 3.63) is 12.4 Å². The molecule has 0 spiro atoms. The average molecular weight is 265 g/mol. The number of nitrogens with zero attached hydrogens (tertiary/aromatic N) is 2. The quantitative estimate of drug-likeness (QED) is 0.684. The van der Waals surface area contributed by atoms with Crippen LogP contribution in [0.4, 0.5) is 11.6 Å². The Morgan fingerprint density at radius 3 is 2.53 bits per heavy atom. The fraction of sp³-hybridized carbons (Fsp3) is 0.692. The number of hydrogen-bond acceptors (Lipinski definition) is 6. The average Bonchev–Trinajstić information content (AvgIpc) is 2.47. The van der Waals surface area contributed by atoms with Crippen LogP contribution in [0.1, 0.15) is 19.3 Å². The minimum absolute atomic E-state index is 0.594. The standard InChI is InChI=1S/C13H23N5O/c14-4-6-16-13-9-12(17-10-18-13)15-5-1-11-2-7-19-8-3-11/h9-11H,1-8,14H2,(H2,15,16,17,18). The summed E-state index contributed by atoms with van der Waals surface area (Å²) < 4.78 is 5.36. The zero-order valence-electron chi connectivity index (χ0n) is 11.3. The molecule has 1 saturated heterocycles. The van der Waals surface area contributed by atoms with Crippen LogP contribution in [-0.2, 0) is 4.74 Å². The van der Waals surface area contributed by atoms with Crippen LogP contribution in [0.15, 0.2) is 12.4 Å². The Morgan fingerprint density at radius 1 is 1.16 bits per heavy atom. The van der Waals surface area contributed by atoms with Crippen molar-refractivity contribution in [2.75, 3.05) is 43.5 Å². The van der Waals surface area contributed by atoms with Crippen molar-refractivity contribution in [3.63, 3.8) is 0 Å². The highest BCUT2D eigenvalue weighted by Gasteiger charge is 2.13. The smallest absolute Gasteiger partial charge is 0.131 e. The molecule has 1 aliphatic heterocycles. The molecule has 2 heterocycles. The van der Waals surface area contributed by atoms with Crippen molar-refractivity contribution in [2.24, 2.45) is 11.7 Å². The van der Waals surface area contributed by atoms with E-state index in [1.807, 2.05) is 6.07 Å². The van der Waals surface area contributed by atoms with Gasteiger partial charge in [0, 0.05) is 38.9 Å². The van der Waals surface area contributed by atoms with Crippen LogP contribution in [0.25, 0.3) is 0 Å². The normalized spacial score (nSPS) is 16.3. The van der Waals surface area contributed by atoms with Crippen LogP contribution in [0, 0.1) is 5.92 Å². The maximum atomic E-state index is 5.45. The summed E-state index contributed by atoms with van der Waals surface area (Å²) in [5, 5.41) is 6.49. The highest BCUT2D eigenvalue weighted by atomic mass is 16.5. The third-order valence-electron chi connectivity index (χ3n) is 3.32. The van der Waals surface area contributed by atoms with Crippen molar-refractivity contribution in [1.29, 1.82) is 0 Å². The van der Waals surface area contributed by atoms with Gasteiger partial charge in [0.2, 0.25) is 0 Å². The van der Waals surface area contributed by atoms with Gasteiger partial charge in [-0.05, 0) is 25.2 Å². The monoisotopic (exact) mass is 265 g/mol. The number of nitrogens with one attached hydrogen (secondary N) is 2. The molecule has 1 aromatic rings. The molecule has 0 saturated carbocycles. The predicted octanol–water partition coefficient (Wildman–Crippen LogP) is 1.08. The SMILES string of the molecule is NCCNc1cc(NCCC2CCOCC2)ncn1. The molecule has 0 atom stereocenters. The lowest BCUT2D eigenvalue weighted by molar-refractivity contribution is 0.0649. The second-order valence-corrected chi connectivity index (χ2v) is 4.78. The molecule has 0 aromatic carbocycles.